The first kappa shape index (κ1) is 15.9. The van der Waals surface area contributed by atoms with Crippen molar-refractivity contribution in [2.24, 2.45) is 0 Å². The molecule has 0 amide bonds. The predicted octanol–water partition coefficient (Wildman–Crippen LogP) is 4.63. The summed E-state index contributed by atoms with van der Waals surface area (Å²) >= 11 is 5.92. The van der Waals surface area contributed by atoms with Crippen molar-refractivity contribution < 1.29 is 4.74 Å². The van der Waals surface area contributed by atoms with Crippen LogP contribution in [0, 0.1) is 0 Å². The van der Waals surface area contributed by atoms with Crippen LogP contribution in [0.5, 0.6) is 5.75 Å². The first-order valence-corrected chi connectivity index (χ1v) is 7.60. The van der Waals surface area contributed by atoms with Gasteiger partial charge < -0.3 is 10.1 Å². The first-order chi connectivity index (χ1) is 10.1. The summed E-state index contributed by atoms with van der Waals surface area (Å²) in [7, 11) is 1.69. The third-order valence-electron chi connectivity index (χ3n) is 3.61. The molecule has 0 spiro atoms. The van der Waals surface area contributed by atoms with Crippen LogP contribution in [-0.2, 0) is 6.42 Å². The molecule has 1 unspecified atom stereocenters. The molecule has 2 atom stereocenters. The van der Waals surface area contributed by atoms with Gasteiger partial charge in [0.15, 0.2) is 0 Å². The minimum atomic E-state index is 0.301. The van der Waals surface area contributed by atoms with E-state index in [1.54, 1.807) is 7.11 Å². The fraction of sp³-hybridized carbons (Fsp3) is 0.333. The van der Waals surface area contributed by atoms with Gasteiger partial charge in [0.2, 0.25) is 0 Å². The van der Waals surface area contributed by atoms with Gasteiger partial charge in [0.25, 0.3) is 0 Å². The summed E-state index contributed by atoms with van der Waals surface area (Å²) in [6.07, 6.45) is 0.988. The van der Waals surface area contributed by atoms with Crippen molar-refractivity contribution in [3.63, 3.8) is 0 Å². The fourth-order valence-electron chi connectivity index (χ4n) is 2.45. The first-order valence-electron chi connectivity index (χ1n) is 7.23. The smallest absolute Gasteiger partial charge is 0.118 e. The Hall–Kier alpha value is -1.51. The third-order valence-corrected chi connectivity index (χ3v) is 3.86. The second-order valence-electron chi connectivity index (χ2n) is 5.39. The summed E-state index contributed by atoms with van der Waals surface area (Å²) in [5.74, 6) is 0.897. The molecule has 2 aromatic carbocycles. The minimum absolute atomic E-state index is 0.301. The normalized spacial score (nSPS) is 13.7. The lowest BCUT2D eigenvalue weighted by Gasteiger charge is -2.20. The molecule has 0 aliphatic heterocycles. The van der Waals surface area contributed by atoms with Crippen molar-refractivity contribution in [3.05, 3.63) is 64.7 Å². The van der Waals surface area contributed by atoms with Gasteiger partial charge in [-0.1, -0.05) is 35.9 Å². The lowest BCUT2D eigenvalue weighted by atomic mass is 10.0. The van der Waals surface area contributed by atoms with Crippen molar-refractivity contribution in [2.75, 3.05) is 7.11 Å². The minimum Gasteiger partial charge on any atom is -0.497 e. The van der Waals surface area contributed by atoms with Crippen molar-refractivity contribution in [2.45, 2.75) is 32.4 Å². The van der Waals surface area contributed by atoms with Crippen molar-refractivity contribution in [1.82, 2.24) is 5.32 Å². The lowest BCUT2D eigenvalue weighted by molar-refractivity contribution is 0.414. The number of methoxy groups -OCH3 is 1. The van der Waals surface area contributed by atoms with Gasteiger partial charge in [-0.15, -0.1) is 0 Å². The molecule has 2 aromatic rings. The Labute approximate surface area is 132 Å². The van der Waals surface area contributed by atoms with Crippen LogP contribution in [-0.4, -0.2) is 13.2 Å². The Morgan fingerprint density at radius 3 is 2.19 bits per heavy atom. The van der Waals surface area contributed by atoms with E-state index in [1.165, 1.54) is 11.1 Å². The lowest BCUT2D eigenvalue weighted by Crippen LogP contribution is -2.30. The maximum atomic E-state index is 5.92. The average Bonchev–Trinajstić information content (AvgIpc) is 2.48. The van der Waals surface area contributed by atoms with E-state index in [4.69, 9.17) is 16.3 Å². The summed E-state index contributed by atoms with van der Waals surface area (Å²) in [5, 5.41) is 4.39. The summed E-state index contributed by atoms with van der Waals surface area (Å²) in [6.45, 7) is 4.38. The monoisotopic (exact) mass is 303 g/mol. The summed E-state index contributed by atoms with van der Waals surface area (Å²) in [5.41, 5.74) is 2.56. The highest BCUT2D eigenvalue weighted by Crippen LogP contribution is 2.18. The van der Waals surface area contributed by atoms with Gasteiger partial charge in [-0.3, -0.25) is 0 Å². The molecule has 21 heavy (non-hydrogen) atoms. The van der Waals surface area contributed by atoms with Crippen molar-refractivity contribution in [1.29, 1.82) is 0 Å². The number of nitrogens with one attached hydrogen (secondary N) is 1. The summed E-state index contributed by atoms with van der Waals surface area (Å²) in [6, 6.07) is 16.9. The van der Waals surface area contributed by atoms with Crippen molar-refractivity contribution >= 4 is 11.6 Å². The zero-order valence-corrected chi connectivity index (χ0v) is 13.5. The van der Waals surface area contributed by atoms with Crippen LogP contribution in [0.25, 0.3) is 0 Å². The van der Waals surface area contributed by atoms with Gasteiger partial charge in [0.1, 0.15) is 5.75 Å². The number of rotatable bonds is 6. The Bertz CT molecular complexity index is 550. The van der Waals surface area contributed by atoms with Gasteiger partial charge in [-0.25, -0.2) is 0 Å². The average molecular weight is 304 g/mol. The van der Waals surface area contributed by atoms with Gasteiger partial charge in [-0.05, 0) is 55.7 Å². The van der Waals surface area contributed by atoms with Crippen LogP contribution in [0.3, 0.4) is 0 Å². The number of hydrogen-bond acceptors (Lipinski definition) is 2. The molecule has 2 rings (SSSR count). The fourth-order valence-corrected chi connectivity index (χ4v) is 2.57. The molecule has 0 bridgehead atoms. The Balaban J connectivity index is 1.91. The van der Waals surface area contributed by atoms with E-state index in [0.717, 1.165) is 17.2 Å². The van der Waals surface area contributed by atoms with Crippen LogP contribution in [0.4, 0.5) is 0 Å². The third kappa shape index (κ3) is 4.76. The molecule has 0 aromatic heterocycles. The van der Waals surface area contributed by atoms with Crippen molar-refractivity contribution in [3.8, 4) is 5.75 Å². The Morgan fingerprint density at radius 2 is 1.62 bits per heavy atom. The van der Waals surface area contributed by atoms with Gasteiger partial charge >= 0.3 is 0 Å². The molecular weight excluding hydrogens is 282 g/mol. The van der Waals surface area contributed by atoms with Crippen LogP contribution in [0.2, 0.25) is 5.02 Å². The Kier molecular flexibility index (Phi) is 5.66. The predicted molar refractivity (Wildman–Crippen MR) is 89.2 cm³/mol. The number of halogens is 1. The van der Waals surface area contributed by atoms with Gasteiger partial charge in [-0.2, -0.15) is 0 Å². The Morgan fingerprint density at radius 1 is 1.00 bits per heavy atom. The maximum Gasteiger partial charge on any atom is 0.118 e. The van der Waals surface area contributed by atoms with E-state index < -0.39 is 0 Å². The molecular formula is C18H22ClNO. The quantitative estimate of drug-likeness (QED) is 0.840. The number of hydrogen-bond donors (Lipinski definition) is 1. The van der Waals surface area contributed by atoms with Crippen LogP contribution < -0.4 is 10.1 Å². The highest BCUT2D eigenvalue weighted by atomic mass is 35.5. The van der Waals surface area contributed by atoms with E-state index >= 15 is 0 Å². The van der Waals surface area contributed by atoms with Crippen LogP contribution in [0.1, 0.15) is 31.0 Å². The molecule has 0 aliphatic carbocycles. The van der Waals surface area contributed by atoms with Gasteiger partial charge in [0.05, 0.1) is 7.11 Å². The van der Waals surface area contributed by atoms with E-state index in [1.807, 2.05) is 24.3 Å². The topological polar surface area (TPSA) is 21.3 Å². The molecule has 0 saturated carbocycles. The molecule has 2 nitrogen and oxygen atoms in total. The van der Waals surface area contributed by atoms with Crippen LogP contribution in [0.15, 0.2) is 48.5 Å². The maximum absolute atomic E-state index is 5.92. The van der Waals surface area contributed by atoms with E-state index in [0.29, 0.717) is 12.1 Å². The zero-order valence-electron chi connectivity index (χ0n) is 12.8. The molecule has 0 saturated heterocycles. The molecule has 1 N–H and O–H groups in total. The number of benzene rings is 2. The molecule has 0 aliphatic rings. The molecule has 0 fully saturated rings. The SMILES string of the molecule is COc1ccc(CC(C)N[C@@H](C)c2ccc(Cl)cc2)cc1. The molecule has 0 heterocycles. The van der Waals surface area contributed by atoms with E-state index in [-0.39, 0.29) is 0 Å². The largest absolute Gasteiger partial charge is 0.497 e. The second kappa shape index (κ2) is 7.48. The van der Waals surface area contributed by atoms with Crippen LogP contribution >= 0.6 is 11.6 Å². The molecule has 112 valence electrons. The van der Waals surface area contributed by atoms with E-state index in [9.17, 15) is 0 Å². The summed E-state index contributed by atoms with van der Waals surface area (Å²) in [4.78, 5) is 0. The molecule has 0 radical (unpaired) electrons. The van der Waals surface area contributed by atoms with E-state index in [2.05, 4.69) is 43.4 Å². The zero-order chi connectivity index (χ0) is 15.2. The standard InChI is InChI=1S/C18H22ClNO/c1-13(12-15-4-10-18(21-3)11-5-15)20-14(2)16-6-8-17(19)9-7-16/h4-11,13-14,20H,12H2,1-3H3/t13?,14-/m0/s1. The second-order valence-corrected chi connectivity index (χ2v) is 5.83. The summed E-state index contributed by atoms with van der Waals surface area (Å²) < 4.78 is 5.18. The highest BCUT2D eigenvalue weighted by molar-refractivity contribution is 6.30. The molecule has 3 heteroatoms. The highest BCUT2D eigenvalue weighted by Gasteiger charge is 2.10. The van der Waals surface area contributed by atoms with Gasteiger partial charge in [0, 0.05) is 17.1 Å². The number of ether oxygens (including phenoxy) is 1.